The third-order valence-electron chi connectivity index (χ3n) is 6.89. The molecule has 0 spiro atoms. The van der Waals surface area contributed by atoms with Crippen LogP contribution in [0.4, 0.5) is 0 Å². The maximum atomic E-state index is 12.5. The molecule has 45 heavy (non-hydrogen) atoms. The van der Waals surface area contributed by atoms with Crippen molar-refractivity contribution in [2.75, 3.05) is 39.6 Å². The zero-order chi connectivity index (χ0) is 32.2. The second-order valence-electron chi connectivity index (χ2n) is 10.6. The summed E-state index contributed by atoms with van der Waals surface area (Å²) in [7, 11) is 0. The standard InChI is InChI=1S/C35H38O10/c1-23(2)34(37)41-19-17-39-28-12-6-25(7-13-28)5-11-27-21-43-33-30(22-44-32(27)33)45-31(36)16-10-26-8-14-29(15-9-26)40-18-20-42-35(38)24(3)4/h5-16,27,30,32-33H,1,3,17-22H2,2,4H3/b11-5?,16-10+/t27-,30+,32+,33+/m0/s1. The number of hydrogen-bond acceptors (Lipinski definition) is 10. The zero-order valence-corrected chi connectivity index (χ0v) is 25.5. The highest BCUT2D eigenvalue weighted by Gasteiger charge is 2.48. The Morgan fingerprint density at radius 2 is 1.24 bits per heavy atom. The van der Waals surface area contributed by atoms with Crippen LogP contribution >= 0.6 is 0 Å². The van der Waals surface area contributed by atoms with Crippen molar-refractivity contribution in [3.05, 3.63) is 96.1 Å². The number of carbonyl (C=O) groups is 3. The van der Waals surface area contributed by atoms with Gasteiger partial charge in [0.2, 0.25) is 0 Å². The first-order valence-electron chi connectivity index (χ1n) is 14.6. The number of hydrogen-bond donors (Lipinski definition) is 0. The normalized spacial score (nSPS) is 20.5. The zero-order valence-electron chi connectivity index (χ0n) is 25.5. The predicted molar refractivity (Wildman–Crippen MR) is 166 cm³/mol. The molecule has 2 aromatic carbocycles. The van der Waals surface area contributed by atoms with Crippen molar-refractivity contribution in [1.82, 2.24) is 0 Å². The molecule has 4 atom stereocenters. The molecule has 2 aliphatic heterocycles. The van der Waals surface area contributed by atoms with Crippen LogP contribution in [0.5, 0.6) is 11.5 Å². The number of esters is 3. The highest BCUT2D eigenvalue weighted by molar-refractivity contribution is 5.88. The summed E-state index contributed by atoms with van der Waals surface area (Å²) in [6.45, 7) is 11.7. The van der Waals surface area contributed by atoms with Crippen LogP contribution in [0.3, 0.4) is 0 Å². The summed E-state index contributed by atoms with van der Waals surface area (Å²) in [5, 5.41) is 0. The molecule has 2 aliphatic rings. The first-order chi connectivity index (χ1) is 21.7. The van der Waals surface area contributed by atoms with Gasteiger partial charge in [-0.1, -0.05) is 49.6 Å². The Hall–Kier alpha value is -4.67. The van der Waals surface area contributed by atoms with Crippen molar-refractivity contribution in [1.29, 1.82) is 0 Å². The lowest BCUT2D eigenvalue weighted by atomic mass is 9.99. The summed E-state index contributed by atoms with van der Waals surface area (Å²) in [4.78, 5) is 35.3. The van der Waals surface area contributed by atoms with E-state index in [1.807, 2.05) is 36.4 Å². The molecule has 238 valence electrons. The van der Waals surface area contributed by atoms with Gasteiger partial charge < -0.3 is 33.2 Å². The van der Waals surface area contributed by atoms with Crippen molar-refractivity contribution < 1.29 is 47.5 Å². The van der Waals surface area contributed by atoms with Gasteiger partial charge in [-0.25, -0.2) is 14.4 Å². The maximum absolute atomic E-state index is 12.5. The van der Waals surface area contributed by atoms with E-state index in [-0.39, 0.29) is 51.2 Å². The van der Waals surface area contributed by atoms with Gasteiger partial charge >= 0.3 is 17.9 Å². The van der Waals surface area contributed by atoms with Gasteiger partial charge in [-0.2, -0.15) is 0 Å². The van der Waals surface area contributed by atoms with E-state index in [2.05, 4.69) is 13.2 Å². The van der Waals surface area contributed by atoms with Crippen molar-refractivity contribution in [2.24, 2.45) is 5.92 Å². The molecule has 0 saturated carbocycles. The van der Waals surface area contributed by atoms with E-state index in [4.69, 9.17) is 33.2 Å². The lowest BCUT2D eigenvalue weighted by Gasteiger charge is -2.15. The highest BCUT2D eigenvalue weighted by Crippen LogP contribution is 2.34. The molecule has 0 aromatic heterocycles. The molecule has 0 radical (unpaired) electrons. The van der Waals surface area contributed by atoms with Gasteiger partial charge in [-0.15, -0.1) is 0 Å². The molecular weight excluding hydrogens is 580 g/mol. The second kappa shape index (κ2) is 16.4. The van der Waals surface area contributed by atoms with Crippen molar-refractivity contribution in [2.45, 2.75) is 32.2 Å². The largest absolute Gasteiger partial charge is 0.490 e. The van der Waals surface area contributed by atoms with Crippen LogP contribution in [0.2, 0.25) is 0 Å². The molecule has 2 fully saturated rings. The summed E-state index contributed by atoms with van der Waals surface area (Å²) in [6.07, 6.45) is 6.03. The molecule has 0 amide bonds. The summed E-state index contributed by atoms with van der Waals surface area (Å²) in [5.74, 6) is -0.0728. The first kappa shape index (κ1) is 33.2. The van der Waals surface area contributed by atoms with Crippen LogP contribution in [0.1, 0.15) is 25.0 Å². The molecule has 0 bridgehead atoms. The van der Waals surface area contributed by atoms with E-state index in [0.29, 0.717) is 29.3 Å². The summed E-state index contributed by atoms with van der Waals surface area (Å²) < 4.78 is 38.7. The average molecular weight is 619 g/mol. The summed E-state index contributed by atoms with van der Waals surface area (Å²) in [6, 6.07) is 14.7. The number of carbonyl (C=O) groups excluding carboxylic acids is 3. The van der Waals surface area contributed by atoms with E-state index in [1.165, 1.54) is 6.08 Å². The third-order valence-corrected chi connectivity index (χ3v) is 6.89. The Morgan fingerprint density at radius 3 is 1.78 bits per heavy atom. The first-order valence-corrected chi connectivity index (χ1v) is 14.6. The molecule has 0 N–H and O–H groups in total. The van der Waals surface area contributed by atoms with Crippen LogP contribution in [-0.2, 0) is 38.1 Å². The smallest absolute Gasteiger partial charge is 0.333 e. The highest BCUT2D eigenvalue weighted by atomic mass is 16.6. The Balaban J connectivity index is 1.17. The fraction of sp³-hybridized carbons (Fsp3) is 0.343. The Morgan fingerprint density at radius 1 is 0.733 bits per heavy atom. The van der Waals surface area contributed by atoms with E-state index in [9.17, 15) is 14.4 Å². The minimum atomic E-state index is -0.494. The molecule has 0 aliphatic carbocycles. The Bertz CT molecular complexity index is 1410. The maximum Gasteiger partial charge on any atom is 0.333 e. The van der Waals surface area contributed by atoms with Gasteiger partial charge in [0.25, 0.3) is 0 Å². The molecule has 2 aromatic rings. The number of fused-ring (bicyclic) bond motifs is 1. The quantitative estimate of drug-likeness (QED) is 0.120. The van der Waals surface area contributed by atoms with Crippen LogP contribution in [0.15, 0.2) is 85.0 Å². The molecule has 10 nitrogen and oxygen atoms in total. The molecular formula is C35H38O10. The third kappa shape index (κ3) is 10.2. The second-order valence-corrected chi connectivity index (χ2v) is 10.6. The summed E-state index contributed by atoms with van der Waals surface area (Å²) in [5.41, 5.74) is 2.46. The lowest BCUT2D eigenvalue weighted by Crippen LogP contribution is -2.32. The van der Waals surface area contributed by atoms with Gasteiger partial charge in [0.05, 0.1) is 19.3 Å². The number of benzene rings is 2. The van der Waals surface area contributed by atoms with Crippen LogP contribution < -0.4 is 9.47 Å². The number of rotatable bonds is 15. The van der Waals surface area contributed by atoms with Crippen LogP contribution in [-0.4, -0.2) is 75.9 Å². The van der Waals surface area contributed by atoms with Gasteiger partial charge in [0.1, 0.15) is 44.0 Å². The van der Waals surface area contributed by atoms with E-state index in [0.717, 1.165) is 11.1 Å². The van der Waals surface area contributed by atoms with Crippen molar-refractivity contribution in [3.63, 3.8) is 0 Å². The average Bonchev–Trinajstić information content (AvgIpc) is 3.63. The molecule has 4 rings (SSSR count). The lowest BCUT2D eigenvalue weighted by molar-refractivity contribution is -0.147. The van der Waals surface area contributed by atoms with Gasteiger partial charge in [-0.05, 0) is 55.3 Å². The van der Waals surface area contributed by atoms with E-state index >= 15 is 0 Å². The van der Waals surface area contributed by atoms with Gasteiger partial charge in [-0.3, -0.25) is 0 Å². The fourth-order valence-electron chi connectivity index (χ4n) is 4.53. The molecule has 2 saturated heterocycles. The van der Waals surface area contributed by atoms with E-state index < -0.39 is 24.0 Å². The van der Waals surface area contributed by atoms with Gasteiger partial charge in [0, 0.05) is 23.1 Å². The summed E-state index contributed by atoms with van der Waals surface area (Å²) >= 11 is 0. The minimum Gasteiger partial charge on any atom is -0.490 e. The van der Waals surface area contributed by atoms with E-state index in [1.54, 1.807) is 44.2 Å². The van der Waals surface area contributed by atoms with Crippen molar-refractivity contribution >= 4 is 30.1 Å². The van der Waals surface area contributed by atoms with Crippen LogP contribution in [0, 0.1) is 5.92 Å². The molecule has 10 heteroatoms. The van der Waals surface area contributed by atoms with Gasteiger partial charge in [0.15, 0.2) is 6.10 Å². The topological polar surface area (TPSA) is 116 Å². The molecule has 2 heterocycles. The SMILES string of the molecule is C=C(C)C(=O)OCCOc1ccc(C=C[C@H]2CO[C@H]3[C@@H]2OC[C@H]3OC(=O)/C=C/c2ccc(OCCOC(=O)C(=C)C)cc2)cc1. The Kier molecular flexibility index (Phi) is 12.1. The fourth-order valence-corrected chi connectivity index (χ4v) is 4.53. The van der Waals surface area contributed by atoms with Crippen molar-refractivity contribution in [3.8, 4) is 11.5 Å². The monoisotopic (exact) mass is 618 g/mol. The van der Waals surface area contributed by atoms with Crippen LogP contribution in [0.25, 0.3) is 12.2 Å². The number of ether oxygens (including phenoxy) is 7. The molecule has 0 unspecified atom stereocenters. The Labute approximate surface area is 262 Å². The predicted octanol–water partition coefficient (Wildman–Crippen LogP) is 4.74. The minimum absolute atomic E-state index is 0.0204.